The van der Waals surface area contributed by atoms with Gasteiger partial charge in [0.2, 0.25) is 5.78 Å². The summed E-state index contributed by atoms with van der Waals surface area (Å²) in [5.74, 6) is -0.341. The van der Waals surface area contributed by atoms with Gasteiger partial charge in [0, 0.05) is 9.86 Å². The van der Waals surface area contributed by atoms with E-state index >= 15 is 0 Å². The number of fused-ring (bicyclic) bond motifs is 1. The minimum absolute atomic E-state index is 0.161. The Morgan fingerprint density at radius 2 is 1.92 bits per heavy atom. The molecule has 5 nitrogen and oxygen atoms in total. The van der Waals surface area contributed by atoms with Gasteiger partial charge < -0.3 is 13.9 Å². The molecule has 1 heterocycles. The molecule has 0 atom stereocenters. The lowest BCUT2D eigenvalue weighted by Gasteiger charge is -2.07. The molecule has 0 aliphatic carbocycles. The van der Waals surface area contributed by atoms with Gasteiger partial charge in [-0.3, -0.25) is 4.79 Å². The molecule has 2 aromatic carbocycles. The number of carbonyl (C=O) groups excluding carboxylic acids is 2. The first-order valence-electron chi connectivity index (χ1n) is 7.11. The lowest BCUT2D eigenvalue weighted by molar-refractivity contribution is 0.0467. The standard InChI is InChI=1S/C18H13BrO5/c1-22-12-6-7-14(19)13(9-12)18(21)23-10-15(20)17-8-11-4-2-3-5-16(11)24-17/h2-9H,10H2,1H3. The van der Waals surface area contributed by atoms with Crippen LogP contribution in [0.3, 0.4) is 0 Å². The summed E-state index contributed by atoms with van der Waals surface area (Å²) in [6.45, 7) is -0.400. The molecule has 0 saturated heterocycles. The van der Waals surface area contributed by atoms with Gasteiger partial charge in [0.05, 0.1) is 12.7 Å². The van der Waals surface area contributed by atoms with Crippen molar-refractivity contribution in [2.75, 3.05) is 13.7 Å². The zero-order valence-corrected chi connectivity index (χ0v) is 14.3. The second-order valence-corrected chi connectivity index (χ2v) is 5.85. The van der Waals surface area contributed by atoms with Gasteiger partial charge in [0.1, 0.15) is 11.3 Å². The third-order valence-corrected chi connectivity index (χ3v) is 4.12. The molecule has 0 N–H and O–H groups in total. The quantitative estimate of drug-likeness (QED) is 0.482. The van der Waals surface area contributed by atoms with E-state index in [1.807, 2.05) is 18.2 Å². The van der Waals surface area contributed by atoms with Crippen molar-refractivity contribution < 1.29 is 23.5 Å². The van der Waals surface area contributed by atoms with E-state index in [1.165, 1.54) is 13.2 Å². The smallest absolute Gasteiger partial charge is 0.339 e. The number of rotatable bonds is 5. The van der Waals surface area contributed by atoms with E-state index in [2.05, 4.69) is 15.9 Å². The Bertz CT molecular complexity index is 880. The highest BCUT2D eigenvalue weighted by atomic mass is 79.9. The maximum atomic E-state index is 12.2. The topological polar surface area (TPSA) is 65.7 Å². The number of halogens is 1. The van der Waals surface area contributed by atoms with Crippen molar-refractivity contribution in [1.82, 2.24) is 0 Å². The van der Waals surface area contributed by atoms with E-state index < -0.39 is 18.4 Å². The third kappa shape index (κ3) is 3.33. The Morgan fingerprint density at radius 1 is 1.12 bits per heavy atom. The van der Waals surface area contributed by atoms with Crippen molar-refractivity contribution in [2.24, 2.45) is 0 Å². The first kappa shape index (κ1) is 16.3. The lowest BCUT2D eigenvalue weighted by Crippen LogP contribution is -2.14. The molecule has 1 aromatic heterocycles. The Kier molecular flexibility index (Phi) is 4.66. The molecule has 0 bridgehead atoms. The van der Waals surface area contributed by atoms with Crippen LogP contribution in [0.2, 0.25) is 0 Å². The number of methoxy groups -OCH3 is 1. The summed E-state index contributed by atoms with van der Waals surface area (Å²) in [4.78, 5) is 24.3. The zero-order valence-electron chi connectivity index (χ0n) is 12.7. The summed E-state index contributed by atoms with van der Waals surface area (Å²) >= 11 is 3.28. The van der Waals surface area contributed by atoms with Crippen molar-refractivity contribution in [3.05, 3.63) is 64.3 Å². The molecule has 0 amide bonds. The number of Topliss-reactive ketones (excluding diaryl/α,β-unsaturated/α-hetero) is 1. The van der Waals surface area contributed by atoms with Crippen molar-refractivity contribution >= 4 is 38.7 Å². The van der Waals surface area contributed by atoms with Gasteiger partial charge in [0.25, 0.3) is 0 Å². The fraction of sp³-hybridized carbons (Fsp3) is 0.111. The molecule has 0 spiro atoms. The summed E-state index contributed by atoms with van der Waals surface area (Å²) < 4.78 is 16.2. The molecule has 0 saturated carbocycles. The number of ketones is 1. The van der Waals surface area contributed by atoms with Crippen LogP contribution in [-0.2, 0) is 4.74 Å². The third-order valence-electron chi connectivity index (χ3n) is 3.43. The van der Waals surface area contributed by atoms with Crippen LogP contribution in [0.1, 0.15) is 20.9 Å². The number of hydrogen-bond donors (Lipinski definition) is 0. The molecule has 3 aromatic rings. The summed E-state index contributed by atoms with van der Waals surface area (Å²) in [6.07, 6.45) is 0. The van der Waals surface area contributed by atoms with E-state index in [1.54, 1.807) is 24.3 Å². The molecule has 0 radical (unpaired) electrons. The van der Waals surface area contributed by atoms with Crippen molar-refractivity contribution in [1.29, 1.82) is 0 Å². The Morgan fingerprint density at radius 3 is 2.67 bits per heavy atom. The lowest BCUT2D eigenvalue weighted by atomic mass is 10.2. The van der Waals surface area contributed by atoms with Gasteiger partial charge in [-0.25, -0.2) is 4.79 Å². The molecule has 6 heteroatoms. The number of para-hydroxylation sites is 1. The average Bonchev–Trinajstić information content (AvgIpc) is 3.04. The first-order valence-corrected chi connectivity index (χ1v) is 7.90. The monoisotopic (exact) mass is 388 g/mol. The van der Waals surface area contributed by atoms with E-state index in [0.717, 1.165) is 5.39 Å². The maximum absolute atomic E-state index is 12.2. The molecule has 0 aliphatic heterocycles. The highest BCUT2D eigenvalue weighted by Crippen LogP contribution is 2.23. The van der Waals surface area contributed by atoms with Crippen LogP contribution in [0.25, 0.3) is 11.0 Å². The Balaban J connectivity index is 1.70. The minimum atomic E-state index is -0.620. The van der Waals surface area contributed by atoms with Crippen LogP contribution in [0, 0.1) is 0 Å². The number of esters is 1. The Labute approximate surface area is 146 Å². The van der Waals surface area contributed by atoms with Gasteiger partial charge in [-0.1, -0.05) is 18.2 Å². The highest BCUT2D eigenvalue weighted by molar-refractivity contribution is 9.10. The van der Waals surface area contributed by atoms with E-state index in [4.69, 9.17) is 13.9 Å². The van der Waals surface area contributed by atoms with Crippen LogP contribution in [-0.4, -0.2) is 25.5 Å². The molecular weight excluding hydrogens is 376 g/mol. The number of hydrogen-bond acceptors (Lipinski definition) is 5. The molecule has 0 aliphatic rings. The molecule has 0 fully saturated rings. The normalized spacial score (nSPS) is 10.6. The SMILES string of the molecule is COc1ccc(Br)c(C(=O)OCC(=O)c2cc3ccccc3o2)c1. The average molecular weight is 389 g/mol. The fourth-order valence-electron chi connectivity index (χ4n) is 2.19. The van der Waals surface area contributed by atoms with Crippen molar-refractivity contribution in [3.63, 3.8) is 0 Å². The molecule has 122 valence electrons. The van der Waals surface area contributed by atoms with Crippen LogP contribution < -0.4 is 4.74 Å². The second-order valence-electron chi connectivity index (χ2n) is 4.99. The van der Waals surface area contributed by atoms with Crippen molar-refractivity contribution in [3.8, 4) is 5.75 Å². The summed E-state index contributed by atoms with van der Waals surface area (Å²) in [7, 11) is 1.50. The van der Waals surface area contributed by atoms with E-state index in [0.29, 0.717) is 15.8 Å². The minimum Gasteiger partial charge on any atom is -0.497 e. The van der Waals surface area contributed by atoms with Gasteiger partial charge in [-0.05, 0) is 46.3 Å². The van der Waals surface area contributed by atoms with Crippen LogP contribution >= 0.6 is 15.9 Å². The number of benzene rings is 2. The van der Waals surface area contributed by atoms with Gasteiger partial charge in [-0.2, -0.15) is 0 Å². The first-order chi connectivity index (χ1) is 11.6. The second kappa shape index (κ2) is 6.88. The Hall–Kier alpha value is -2.60. The maximum Gasteiger partial charge on any atom is 0.339 e. The number of carbonyl (C=O) groups is 2. The molecule has 0 unspecified atom stereocenters. The van der Waals surface area contributed by atoms with Gasteiger partial charge in [-0.15, -0.1) is 0 Å². The fourth-order valence-corrected chi connectivity index (χ4v) is 2.60. The molecular formula is C18H13BrO5. The zero-order chi connectivity index (χ0) is 17.1. The predicted octanol–water partition coefficient (Wildman–Crippen LogP) is 4.24. The van der Waals surface area contributed by atoms with Crippen LogP contribution in [0.4, 0.5) is 0 Å². The largest absolute Gasteiger partial charge is 0.497 e. The molecule has 24 heavy (non-hydrogen) atoms. The summed E-state index contributed by atoms with van der Waals surface area (Å²) in [5, 5.41) is 0.822. The van der Waals surface area contributed by atoms with Gasteiger partial charge >= 0.3 is 5.97 Å². The molecule has 3 rings (SSSR count). The summed E-state index contributed by atoms with van der Waals surface area (Å²) in [5.41, 5.74) is 0.898. The van der Waals surface area contributed by atoms with Crippen LogP contribution in [0.15, 0.2) is 57.4 Å². The number of furan rings is 1. The predicted molar refractivity (Wildman–Crippen MR) is 91.5 cm³/mol. The summed E-state index contributed by atoms with van der Waals surface area (Å²) in [6, 6.07) is 13.8. The van der Waals surface area contributed by atoms with Gasteiger partial charge in [0.15, 0.2) is 12.4 Å². The van der Waals surface area contributed by atoms with E-state index in [9.17, 15) is 9.59 Å². The van der Waals surface area contributed by atoms with Crippen LogP contribution in [0.5, 0.6) is 5.75 Å². The van der Waals surface area contributed by atoms with E-state index in [-0.39, 0.29) is 11.3 Å². The van der Waals surface area contributed by atoms with Crippen molar-refractivity contribution in [2.45, 2.75) is 0 Å². The number of ether oxygens (including phenoxy) is 2. The highest BCUT2D eigenvalue weighted by Gasteiger charge is 2.17.